The van der Waals surface area contributed by atoms with Gasteiger partial charge in [0.2, 0.25) is 0 Å². The van der Waals surface area contributed by atoms with Crippen molar-refractivity contribution < 1.29 is 8.78 Å². The van der Waals surface area contributed by atoms with Crippen molar-refractivity contribution in [3.8, 4) is 11.8 Å². The lowest BCUT2D eigenvalue weighted by molar-refractivity contribution is 0.591. The summed E-state index contributed by atoms with van der Waals surface area (Å²) < 4.78 is 27.8. The average Bonchev–Trinajstić information content (AvgIpc) is 2.50. The molecule has 110 valence electrons. The first-order valence-electron chi connectivity index (χ1n) is 6.78. The Kier molecular flexibility index (Phi) is 4.00. The largest absolute Gasteiger partial charge is 0.394 e. The summed E-state index contributed by atoms with van der Waals surface area (Å²) in [6.45, 7) is 0. The molecule has 3 rings (SSSR count). The topological polar surface area (TPSA) is 26.0 Å². The van der Waals surface area contributed by atoms with Crippen LogP contribution in [0.15, 0.2) is 40.4 Å². The standard InChI is InChI=1S/C18H12BrF2N/c19-15-6-5-13-7-11(3-4-14(13)10-15)1-2-12-8-16(20)18(22)17(21)9-12/h5-10H,3-4,22H2. The average molecular weight is 360 g/mol. The molecular formula is C18H12BrF2N. The highest BCUT2D eigenvalue weighted by atomic mass is 79.9. The summed E-state index contributed by atoms with van der Waals surface area (Å²) in [6.07, 6.45) is 3.73. The van der Waals surface area contributed by atoms with Gasteiger partial charge in [0.25, 0.3) is 0 Å². The lowest BCUT2D eigenvalue weighted by Gasteiger charge is -2.13. The van der Waals surface area contributed by atoms with E-state index in [-0.39, 0.29) is 5.56 Å². The van der Waals surface area contributed by atoms with Gasteiger partial charge in [0, 0.05) is 15.6 Å². The smallest absolute Gasteiger partial charge is 0.150 e. The first-order chi connectivity index (χ1) is 10.5. The normalized spacial score (nSPS) is 13.0. The van der Waals surface area contributed by atoms with Crippen LogP contribution in [0.5, 0.6) is 0 Å². The fourth-order valence-corrected chi connectivity index (χ4v) is 2.78. The number of nitrogens with two attached hydrogens (primary N) is 1. The van der Waals surface area contributed by atoms with Gasteiger partial charge >= 0.3 is 0 Å². The van der Waals surface area contributed by atoms with E-state index >= 15 is 0 Å². The molecule has 0 aromatic heterocycles. The zero-order valence-electron chi connectivity index (χ0n) is 11.6. The highest BCUT2D eigenvalue weighted by Crippen LogP contribution is 2.26. The van der Waals surface area contributed by atoms with Crippen molar-refractivity contribution in [1.29, 1.82) is 0 Å². The number of rotatable bonds is 0. The Balaban J connectivity index is 1.91. The van der Waals surface area contributed by atoms with E-state index in [9.17, 15) is 8.78 Å². The van der Waals surface area contributed by atoms with Gasteiger partial charge in [0.1, 0.15) is 17.3 Å². The molecule has 4 heteroatoms. The SMILES string of the molecule is Nc1c(F)cc(C#CC2=Cc3ccc(Br)cc3CC2)cc1F. The molecular weight excluding hydrogens is 348 g/mol. The fraction of sp³-hybridized carbons (Fsp3) is 0.111. The number of hydrogen-bond acceptors (Lipinski definition) is 1. The van der Waals surface area contributed by atoms with Crippen LogP contribution in [-0.2, 0) is 6.42 Å². The van der Waals surface area contributed by atoms with Crippen LogP contribution in [0.2, 0.25) is 0 Å². The molecule has 0 amide bonds. The molecule has 0 aliphatic heterocycles. The van der Waals surface area contributed by atoms with Crippen molar-refractivity contribution in [2.24, 2.45) is 0 Å². The van der Waals surface area contributed by atoms with E-state index in [2.05, 4.69) is 33.8 Å². The van der Waals surface area contributed by atoms with Crippen LogP contribution < -0.4 is 5.73 Å². The van der Waals surface area contributed by atoms with Gasteiger partial charge in [-0.15, -0.1) is 0 Å². The molecule has 0 fully saturated rings. The van der Waals surface area contributed by atoms with Crippen molar-refractivity contribution in [2.75, 3.05) is 5.73 Å². The van der Waals surface area contributed by atoms with Crippen molar-refractivity contribution in [3.63, 3.8) is 0 Å². The van der Waals surface area contributed by atoms with E-state index in [1.807, 2.05) is 18.2 Å². The quantitative estimate of drug-likeness (QED) is 0.535. The molecule has 1 aliphatic carbocycles. The van der Waals surface area contributed by atoms with Gasteiger partial charge in [0.15, 0.2) is 0 Å². The lowest BCUT2D eigenvalue weighted by atomic mass is 9.92. The Morgan fingerprint density at radius 1 is 1.00 bits per heavy atom. The van der Waals surface area contributed by atoms with Crippen molar-refractivity contribution in [1.82, 2.24) is 0 Å². The molecule has 0 saturated heterocycles. The summed E-state index contributed by atoms with van der Waals surface area (Å²) in [6, 6.07) is 8.42. The molecule has 22 heavy (non-hydrogen) atoms. The van der Waals surface area contributed by atoms with Gasteiger partial charge in [-0.3, -0.25) is 0 Å². The van der Waals surface area contributed by atoms with E-state index < -0.39 is 17.3 Å². The highest BCUT2D eigenvalue weighted by molar-refractivity contribution is 9.10. The molecule has 0 spiro atoms. The number of hydrogen-bond donors (Lipinski definition) is 1. The Bertz CT molecular complexity index is 821. The van der Waals surface area contributed by atoms with Crippen LogP contribution in [0, 0.1) is 23.5 Å². The number of fused-ring (bicyclic) bond motifs is 1. The maximum absolute atomic E-state index is 13.4. The summed E-state index contributed by atoms with van der Waals surface area (Å²) in [5, 5.41) is 0. The number of halogens is 3. The summed E-state index contributed by atoms with van der Waals surface area (Å²) >= 11 is 3.46. The second kappa shape index (κ2) is 5.94. The van der Waals surface area contributed by atoms with Crippen molar-refractivity contribution in [3.05, 3.63) is 68.7 Å². The van der Waals surface area contributed by atoms with Gasteiger partial charge in [0.05, 0.1) is 0 Å². The molecule has 0 saturated carbocycles. The van der Waals surface area contributed by atoms with E-state index in [4.69, 9.17) is 5.73 Å². The van der Waals surface area contributed by atoms with Crippen molar-refractivity contribution >= 4 is 27.7 Å². The predicted octanol–water partition coefficient (Wildman–Crippen LogP) is 4.69. The molecule has 2 aromatic rings. The predicted molar refractivity (Wildman–Crippen MR) is 88.1 cm³/mol. The number of aryl methyl sites for hydroxylation is 1. The molecule has 0 unspecified atom stereocenters. The fourth-order valence-electron chi connectivity index (χ4n) is 2.37. The van der Waals surface area contributed by atoms with E-state index in [0.717, 1.165) is 40.6 Å². The molecule has 0 bridgehead atoms. The maximum Gasteiger partial charge on any atom is 0.150 e. The van der Waals surface area contributed by atoms with Gasteiger partial charge in [-0.05, 0) is 54.3 Å². The molecule has 0 radical (unpaired) electrons. The van der Waals surface area contributed by atoms with Crippen molar-refractivity contribution in [2.45, 2.75) is 12.8 Å². The number of benzene rings is 2. The minimum absolute atomic E-state index is 0.284. The Hall–Kier alpha value is -2.12. The molecule has 2 N–H and O–H groups in total. The van der Waals surface area contributed by atoms with Gasteiger partial charge in [-0.2, -0.15) is 0 Å². The number of anilines is 1. The molecule has 0 atom stereocenters. The summed E-state index contributed by atoms with van der Waals surface area (Å²) in [5.41, 5.74) is 8.41. The minimum atomic E-state index is -0.780. The third-order valence-corrected chi connectivity index (χ3v) is 4.04. The van der Waals surface area contributed by atoms with Crippen LogP contribution >= 0.6 is 15.9 Å². The van der Waals surface area contributed by atoms with E-state index in [0.29, 0.717) is 0 Å². The summed E-state index contributed by atoms with van der Waals surface area (Å²) in [4.78, 5) is 0. The highest BCUT2D eigenvalue weighted by Gasteiger charge is 2.10. The Morgan fingerprint density at radius 3 is 2.45 bits per heavy atom. The van der Waals surface area contributed by atoms with Crippen LogP contribution in [0.4, 0.5) is 14.5 Å². The zero-order chi connectivity index (χ0) is 15.7. The second-order valence-corrected chi connectivity index (χ2v) is 6.03. The van der Waals surface area contributed by atoms with Gasteiger partial charge in [-0.1, -0.05) is 33.8 Å². The van der Waals surface area contributed by atoms with Gasteiger partial charge < -0.3 is 5.73 Å². The third kappa shape index (κ3) is 3.05. The number of allylic oxidation sites excluding steroid dienone is 1. The Morgan fingerprint density at radius 2 is 1.73 bits per heavy atom. The maximum atomic E-state index is 13.4. The Labute approximate surface area is 136 Å². The van der Waals surface area contributed by atoms with E-state index in [1.54, 1.807) is 0 Å². The lowest BCUT2D eigenvalue weighted by Crippen LogP contribution is -1.98. The first-order valence-corrected chi connectivity index (χ1v) is 7.58. The zero-order valence-corrected chi connectivity index (χ0v) is 13.2. The van der Waals surface area contributed by atoms with Crippen LogP contribution in [0.1, 0.15) is 23.1 Å². The second-order valence-electron chi connectivity index (χ2n) is 5.12. The molecule has 0 heterocycles. The minimum Gasteiger partial charge on any atom is -0.394 e. The van der Waals surface area contributed by atoms with Crippen LogP contribution in [0.3, 0.4) is 0 Å². The first kappa shape index (κ1) is 14.8. The summed E-state index contributed by atoms with van der Waals surface area (Å²) in [7, 11) is 0. The monoisotopic (exact) mass is 359 g/mol. The van der Waals surface area contributed by atoms with Gasteiger partial charge in [-0.25, -0.2) is 8.78 Å². The van der Waals surface area contributed by atoms with Crippen LogP contribution in [0.25, 0.3) is 6.08 Å². The van der Waals surface area contributed by atoms with E-state index in [1.165, 1.54) is 5.56 Å². The molecule has 2 aromatic carbocycles. The molecule has 1 aliphatic rings. The number of nitrogen functional groups attached to an aromatic ring is 1. The summed E-state index contributed by atoms with van der Waals surface area (Å²) in [5.74, 6) is 4.23. The van der Waals surface area contributed by atoms with Crippen LogP contribution in [-0.4, -0.2) is 0 Å². The molecule has 1 nitrogen and oxygen atoms in total. The third-order valence-electron chi connectivity index (χ3n) is 3.54.